The van der Waals surface area contributed by atoms with Crippen molar-refractivity contribution < 1.29 is 14.3 Å². The molecule has 0 radical (unpaired) electrons. The predicted molar refractivity (Wildman–Crippen MR) is 130 cm³/mol. The lowest BCUT2D eigenvalue weighted by molar-refractivity contribution is 0.0739. The molecule has 1 aliphatic heterocycles. The second kappa shape index (κ2) is 9.52. The summed E-state index contributed by atoms with van der Waals surface area (Å²) >= 11 is 0. The van der Waals surface area contributed by atoms with Crippen LogP contribution in [0.4, 0.5) is 5.69 Å². The minimum Gasteiger partial charge on any atom is -0.495 e. The van der Waals surface area contributed by atoms with Gasteiger partial charge in [-0.3, -0.25) is 4.79 Å². The molecule has 4 aromatic rings. The summed E-state index contributed by atoms with van der Waals surface area (Å²) in [5, 5.41) is 4.74. The van der Waals surface area contributed by atoms with Crippen molar-refractivity contribution in [3.8, 4) is 17.0 Å². The van der Waals surface area contributed by atoms with Crippen LogP contribution in [-0.2, 0) is 11.3 Å². The number of nitrogens with zero attached hydrogens (tertiary/aromatic N) is 5. The van der Waals surface area contributed by atoms with E-state index in [0.29, 0.717) is 30.0 Å². The number of rotatable bonds is 6. The monoisotopic (exact) mass is 457 g/mol. The molecule has 1 fully saturated rings. The maximum Gasteiger partial charge on any atom is 0.257 e. The molecule has 0 saturated carbocycles. The van der Waals surface area contributed by atoms with E-state index in [1.54, 1.807) is 24.9 Å². The summed E-state index contributed by atoms with van der Waals surface area (Å²) < 4.78 is 12.7. The molecule has 1 amide bonds. The summed E-state index contributed by atoms with van der Waals surface area (Å²) in [6, 6.07) is 19.8. The molecule has 8 nitrogen and oxygen atoms in total. The molecule has 8 heteroatoms. The van der Waals surface area contributed by atoms with Gasteiger partial charge in [-0.05, 0) is 12.1 Å². The van der Waals surface area contributed by atoms with Crippen LogP contribution in [0.1, 0.15) is 16.1 Å². The number of carbonyl (C=O) groups is 1. The smallest absolute Gasteiger partial charge is 0.257 e. The van der Waals surface area contributed by atoms with Gasteiger partial charge in [-0.2, -0.15) is 5.10 Å². The van der Waals surface area contributed by atoms with Crippen LogP contribution in [0.15, 0.2) is 66.9 Å². The third-order valence-electron chi connectivity index (χ3n) is 6.16. The third kappa shape index (κ3) is 4.08. The Balaban J connectivity index is 1.40. The summed E-state index contributed by atoms with van der Waals surface area (Å²) in [6.45, 7) is 2.92. The van der Waals surface area contributed by atoms with E-state index in [4.69, 9.17) is 14.6 Å². The lowest BCUT2D eigenvalue weighted by Gasteiger charge is -2.36. The average Bonchev–Trinajstić information content (AvgIpc) is 3.34. The zero-order valence-electron chi connectivity index (χ0n) is 19.3. The highest BCUT2D eigenvalue weighted by Crippen LogP contribution is 2.29. The second-order valence-corrected chi connectivity index (χ2v) is 8.17. The van der Waals surface area contributed by atoms with Gasteiger partial charge in [-0.25, -0.2) is 9.50 Å². The first kappa shape index (κ1) is 21.9. The Hall–Kier alpha value is -3.91. The zero-order chi connectivity index (χ0) is 23.5. The fourth-order valence-corrected chi connectivity index (χ4v) is 4.40. The third-order valence-corrected chi connectivity index (χ3v) is 6.16. The molecule has 0 N–H and O–H groups in total. The van der Waals surface area contributed by atoms with Crippen LogP contribution >= 0.6 is 0 Å². The van der Waals surface area contributed by atoms with Gasteiger partial charge < -0.3 is 19.3 Å². The molecule has 1 saturated heterocycles. The van der Waals surface area contributed by atoms with Gasteiger partial charge in [-0.15, -0.1) is 0 Å². The Morgan fingerprint density at radius 2 is 1.71 bits per heavy atom. The number of piperazine rings is 1. The Morgan fingerprint density at radius 1 is 0.971 bits per heavy atom. The summed E-state index contributed by atoms with van der Waals surface area (Å²) in [6.07, 6.45) is 1.65. The van der Waals surface area contributed by atoms with Crippen LogP contribution in [0.25, 0.3) is 16.9 Å². The topological polar surface area (TPSA) is 72.2 Å². The summed E-state index contributed by atoms with van der Waals surface area (Å²) in [4.78, 5) is 22.2. The highest BCUT2D eigenvalue weighted by molar-refractivity contribution is 5.95. The highest BCUT2D eigenvalue weighted by atomic mass is 16.5. The minimum atomic E-state index is -0.0575. The minimum absolute atomic E-state index is 0.0575. The Morgan fingerprint density at radius 3 is 2.44 bits per heavy atom. The number of ether oxygens (including phenoxy) is 2. The molecule has 2 aromatic heterocycles. The molecule has 0 atom stereocenters. The lowest BCUT2D eigenvalue weighted by Crippen LogP contribution is -2.49. The Kier molecular flexibility index (Phi) is 6.14. The van der Waals surface area contributed by atoms with Crippen molar-refractivity contribution in [3.05, 3.63) is 78.1 Å². The maximum absolute atomic E-state index is 13.5. The molecule has 174 valence electrons. The SMILES string of the molecule is COCc1c(C(=O)N2CCN(c3ccccc3OC)CC2)cnc2cc(-c3ccccc3)nn12. The number of aromatic nitrogens is 3. The lowest BCUT2D eigenvalue weighted by atomic mass is 10.1. The molecule has 0 aliphatic carbocycles. The van der Waals surface area contributed by atoms with Gasteiger partial charge >= 0.3 is 0 Å². The number of hydrogen-bond acceptors (Lipinski definition) is 6. The van der Waals surface area contributed by atoms with Crippen LogP contribution in [0, 0.1) is 0 Å². The standard InChI is InChI=1S/C26H27N5O3/c1-33-18-23-20(17-27-25-16-21(28-31(23)25)19-8-4-3-5-9-19)26(32)30-14-12-29(13-15-30)22-10-6-7-11-24(22)34-2/h3-11,16-17H,12-15,18H2,1-2H3. The van der Waals surface area contributed by atoms with Crippen LogP contribution in [0.5, 0.6) is 5.75 Å². The Labute approximate surface area is 198 Å². The van der Waals surface area contributed by atoms with E-state index in [-0.39, 0.29) is 12.5 Å². The van der Waals surface area contributed by atoms with Gasteiger partial charge in [0.15, 0.2) is 5.65 Å². The van der Waals surface area contributed by atoms with E-state index in [2.05, 4.69) is 9.88 Å². The second-order valence-electron chi connectivity index (χ2n) is 8.17. The van der Waals surface area contributed by atoms with E-state index >= 15 is 0 Å². The molecule has 0 bridgehead atoms. The number of amides is 1. The van der Waals surface area contributed by atoms with E-state index < -0.39 is 0 Å². The molecule has 3 heterocycles. The molecule has 0 spiro atoms. The number of benzene rings is 2. The van der Waals surface area contributed by atoms with Crippen LogP contribution in [-0.4, -0.2) is 65.8 Å². The van der Waals surface area contributed by atoms with Crippen molar-refractivity contribution in [2.45, 2.75) is 6.61 Å². The molecular formula is C26H27N5O3. The first-order chi connectivity index (χ1) is 16.7. The molecular weight excluding hydrogens is 430 g/mol. The number of hydrogen-bond donors (Lipinski definition) is 0. The zero-order valence-corrected chi connectivity index (χ0v) is 19.3. The van der Waals surface area contributed by atoms with Crippen LogP contribution in [0.2, 0.25) is 0 Å². The van der Waals surface area contributed by atoms with Crippen molar-refractivity contribution in [1.29, 1.82) is 0 Å². The fraction of sp³-hybridized carbons (Fsp3) is 0.269. The number of methoxy groups -OCH3 is 2. The quantitative estimate of drug-likeness (QED) is 0.441. The van der Waals surface area contributed by atoms with Gasteiger partial charge in [0.05, 0.1) is 36.4 Å². The van der Waals surface area contributed by atoms with E-state index in [0.717, 1.165) is 35.8 Å². The average molecular weight is 458 g/mol. The first-order valence-electron chi connectivity index (χ1n) is 11.3. The van der Waals surface area contributed by atoms with Crippen molar-refractivity contribution in [2.75, 3.05) is 45.3 Å². The summed E-state index contributed by atoms with van der Waals surface area (Å²) in [5.74, 6) is 0.782. The predicted octanol–water partition coefficient (Wildman–Crippen LogP) is 3.51. The van der Waals surface area contributed by atoms with Crippen molar-refractivity contribution in [3.63, 3.8) is 0 Å². The van der Waals surface area contributed by atoms with Crippen LogP contribution < -0.4 is 9.64 Å². The van der Waals surface area contributed by atoms with Gasteiger partial charge in [0.1, 0.15) is 5.75 Å². The van der Waals surface area contributed by atoms with Gasteiger partial charge in [-0.1, -0.05) is 42.5 Å². The van der Waals surface area contributed by atoms with E-state index in [1.807, 2.05) is 65.6 Å². The largest absolute Gasteiger partial charge is 0.495 e. The Bertz CT molecular complexity index is 1300. The first-order valence-corrected chi connectivity index (χ1v) is 11.3. The van der Waals surface area contributed by atoms with Gasteiger partial charge in [0, 0.05) is 51.1 Å². The van der Waals surface area contributed by atoms with Gasteiger partial charge in [0.25, 0.3) is 5.91 Å². The van der Waals surface area contributed by atoms with E-state index in [9.17, 15) is 4.79 Å². The van der Waals surface area contributed by atoms with Crippen molar-refractivity contribution >= 4 is 17.2 Å². The van der Waals surface area contributed by atoms with Crippen molar-refractivity contribution in [1.82, 2.24) is 19.5 Å². The number of fused-ring (bicyclic) bond motifs is 1. The molecule has 1 aliphatic rings. The molecule has 5 rings (SSSR count). The van der Waals surface area contributed by atoms with Crippen LogP contribution in [0.3, 0.4) is 0 Å². The normalized spacial score (nSPS) is 13.9. The number of anilines is 1. The molecule has 0 unspecified atom stereocenters. The number of carbonyl (C=O) groups excluding carboxylic acids is 1. The number of para-hydroxylation sites is 2. The maximum atomic E-state index is 13.5. The highest BCUT2D eigenvalue weighted by Gasteiger charge is 2.27. The van der Waals surface area contributed by atoms with Gasteiger partial charge in [0.2, 0.25) is 0 Å². The summed E-state index contributed by atoms with van der Waals surface area (Å²) in [5.41, 5.74) is 4.75. The molecule has 34 heavy (non-hydrogen) atoms. The van der Waals surface area contributed by atoms with E-state index in [1.165, 1.54) is 0 Å². The van der Waals surface area contributed by atoms with Crippen molar-refractivity contribution in [2.24, 2.45) is 0 Å². The summed E-state index contributed by atoms with van der Waals surface area (Å²) in [7, 11) is 3.30. The molecule has 2 aromatic carbocycles. The fourth-order valence-electron chi connectivity index (χ4n) is 4.40.